The molecule has 0 bridgehead atoms. The van der Waals surface area contributed by atoms with E-state index in [-0.39, 0.29) is 34.3 Å². The summed E-state index contributed by atoms with van der Waals surface area (Å²) in [5.41, 5.74) is -2.77. The summed E-state index contributed by atoms with van der Waals surface area (Å²) in [5, 5.41) is 8.74. The Hall–Kier alpha value is -1.93. The monoisotopic (exact) mass is 419 g/mol. The number of likely N-dealkylation sites (tertiary alicyclic amines) is 1. The van der Waals surface area contributed by atoms with Gasteiger partial charge in [0.2, 0.25) is 0 Å². The third kappa shape index (κ3) is 4.22. The highest BCUT2D eigenvalue weighted by atomic mass is 32.1. The third-order valence-electron chi connectivity index (χ3n) is 4.50. The molecule has 0 spiro atoms. The molecule has 3 heterocycles. The normalized spacial score (nSPS) is 26.7. The van der Waals surface area contributed by atoms with Gasteiger partial charge in [-0.05, 0) is 64.6 Å². The first-order chi connectivity index (χ1) is 17.1. The van der Waals surface area contributed by atoms with Crippen LogP contribution in [0.25, 0.3) is 10.2 Å². The number of nitrogens with zero attached hydrogens (tertiary/aromatic N) is 2. The summed E-state index contributed by atoms with van der Waals surface area (Å²) in [6.45, 7) is -4.29. The van der Waals surface area contributed by atoms with Crippen molar-refractivity contribution in [3.05, 3.63) is 27.1 Å². The minimum Gasteiger partial charge on any atom is -0.506 e. The molecule has 0 radical (unpaired) electrons. The first-order valence-electron chi connectivity index (χ1n) is 13.7. The Morgan fingerprint density at radius 2 is 2.39 bits per heavy atom. The lowest BCUT2D eigenvalue weighted by Crippen LogP contribution is -2.37. The summed E-state index contributed by atoms with van der Waals surface area (Å²) < 4.78 is 95.0. The third-order valence-corrected chi connectivity index (χ3v) is 5.36. The fourth-order valence-corrected chi connectivity index (χ4v) is 3.85. The van der Waals surface area contributed by atoms with E-state index in [1.807, 2.05) is 0 Å². The van der Waals surface area contributed by atoms with Crippen molar-refractivity contribution >= 4 is 27.5 Å². The largest absolute Gasteiger partial charge is 0.506 e. The van der Waals surface area contributed by atoms with Crippen LogP contribution in [0.15, 0.2) is 10.8 Å². The van der Waals surface area contributed by atoms with Crippen LogP contribution in [-0.4, -0.2) is 46.6 Å². The van der Waals surface area contributed by atoms with Gasteiger partial charge in [0, 0.05) is 22.1 Å². The lowest BCUT2D eigenvalue weighted by molar-refractivity contribution is 0.0946. The quantitative estimate of drug-likeness (QED) is 0.753. The van der Waals surface area contributed by atoms with Crippen LogP contribution in [0, 0.1) is 11.0 Å². The Balaban J connectivity index is 2.05. The maximum atomic E-state index is 14.3. The van der Waals surface area contributed by atoms with Gasteiger partial charge < -0.3 is 15.3 Å². The molecule has 6 nitrogen and oxygen atoms in total. The number of nitrogens with one attached hydrogen (secondary N) is 1. The van der Waals surface area contributed by atoms with Gasteiger partial charge in [-0.2, -0.15) is 4.39 Å². The van der Waals surface area contributed by atoms with Crippen LogP contribution in [0.1, 0.15) is 68.7 Å². The predicted molar refractivity (Wildman–Crippen MR) is 110 cm³/mol. The van der Waals surface area contributed by atoms with Crippen molar-refractivity contribution in [2.75, 3.05) is 26.1 Å². The van der Waals surface area contributed by atoms with Gasteiger partial charge >= 0.3 is 0 Å². The SMILES string of the molecule is [2H]c1c(F)sc2c1c(O)c(C(=O)N([2H])C([2H])CC([2H])([2H])N1CCC([2H])(C)CC1)c(=O)n2C([2H])(C)C([2H])([2H])[2H]. The van der Waals surface area contributed by atoms with Gasteiger partial charge in [0.05, 0.1) is 8.13 Å². The van der Waals surface area contributed by atoms with Crippen LogP contribution < -0.4 is 10.9 Å². The molecule has 0 aromatic carbocycles. The molecule has 0 aliphatic carbocycles. The second kappa shape index (κ2) is 8.61. The fraction of sp³-hybridized carbons (Fsp3) is 0.600. The van der Waals surface area contributed by atoms with E-state index in [1.54, 1.807) is 6.92 Å². The first-order valence-corrected chi connectivity index (χ1v) is 9.52. The summed E-state index contributed by atoms with van der Waals surface area (Å²) in [6, 6.07) is -3.73. The number of rotatable bonds is 6. The minimum atomic E-state index is -3.18. The molecule has 2 aromatic heterocycles. The Labute approximate surface area is 182 Å². The van der Waals surface area contributed by atoms with E-state index in [0.29, 0.717) is 12.8 Å². The van der Waals surface area contributed by atoms with Crippen molar-refractivity contribution in [1.29, 1.82) is 0 Å². The van der Waals surface area contributed by atoms with Gasteiger partial charge in [0.1, 0.15) is 16.1 Å². The maximum Gasteiger partial charge on any atom is 0.268 e. The van der Waals surface area contributed by atoms with Crippen LogP contribution >= 0.6 is 11.3 Å². The van der Waals surface area contributed by atoms with Crippen molar-refractivity contribution in [2.24, 2.45) is 5.89 Å². The first kappa shape index (κ1) is 11.3. The number of thiophene rings is 1. The van der Waals surface area contributed by atoms with E-state index >= 15 is 0 Å². The second-order valence-electron chi connectivity index (χ2n) is 6.55. The molecule has 2 atom stereocenters. The van der Waals surface area contributed by atoms with Crippen molar-refractivity contribution < 1.29 is 28.0 Å². The summed E-state index contributed by atoms with van der Waals surface area (Å²) in [5.74, 6) is -3.53. The topological polar surface area (TPSA) is 74.6 Å². The van der Waals surface area contributed by atoms with Crippen molar-refractivity contribution in [3.8, 4) is 5.75 Å². The predicted octanol–water partition coefficient (Wildman–Crippen LogP) is 3.34. The molecular formula is C20H28FN3O3S. The van der Waals surface area contributed by atoms with Gasteiger partial charge in [0.25, 0.3) is 11.5 Å². The molecular weight excluding hydrogens is 381 g/mol. The van der Waals surface area contributed by atoms with Gasteiger partial charge in [-0.15, -0.1) is 0 Å². The molecule has 2 N–H and O–H groups in total. The second-order valence-corrected chi connectivity index (χ2v) is 7.50. The highest BCUT2D eigenvalue weighted by Crippen LogP contribution is 2.33. The number of aromatic nitrogens is 1. The van der Waals surface area contributed by atoms with Gasteiger partial charge in [-0.25, -0.2) is 0 Å². The molecule has 154 valence electrons. The fourth-order valence-electron chi connectivity index (χ4n) is 2.97. The number of amides is 1. The van der Waals surface area contributed by atoms with Crippen molar-refractivity contribution in [1.82, 2.24) is 14.8 Å². The van der Waals surface area contributed by atoms with Gasteiger partial charge in [0.15, 0.2) is 6.54 Å². The summed E-state index contributed by atoms with van der Waals surface area (Å²) in [4.78, 5) is 27.4. The van der Waals surface area contributed by atoms with E-state index in [2.05, 4.69) is 0 Å². The summed E-state index contributed by atoms with van der Waals surface area (Å²) in [6.07, 6.45) is 0.0404. The van der Waals surface area contributed by atoms with Crippen LogP contribution in [-0.2, 0) is 0 Å². The van der Waals surface area contributed by atoms with Crippen LogP contribution in [0.3, 0.4) is 0 Å². The molecule has 28 heavy (non-hydrogen) atoms. The van der Waals surface area contributed by atoms with E-state index in [1.165, 1.54) is 4.90 Å². The van der Waals surface area contributed by atoms with E-state index in [9.17, 15) is 19.1 Å². The standard InChI is InChI=1S/C20H28FN3O3S/c1-12(2)24-19(27)16(17(25)14-11-15(21)28-20(14)24)18(26)22-7-4-8-23-9-5-13(3)6-10-23/h11-13,25H,4-10H2,1-3H3,(H,22,26)/i1D3,7D,8D2,11D,12D,13D/hD. The lowest BCUT2D eigenvalue weighted by atomic mass is 9.99. The molecule has 2 unspecified atom stereocenters. The molecule has 1 amide bonds. The summed E-state index contributed by atoms with van der Waals surface area (Å²) >= 11 is 0.137. The Morgan fingerprint density at radius 1 is 1.68 bits per heavy atom. The molecule has 2 aromatic rings. The van der Waals surface area contributed by atoms with Crippen molar-refractivity contribution in [2.45, 2.75) is 46.0 Å². The average molecular weight is 420 g/mol. The zero-order valence-electron chi connectivity index (χ0n) is 25.5. The number of hydrogen-bond acceptors (Lipinski definition) is 5. The molecule has 3 rings (SSSR count). The number of aromatic hydroxyl groups is 1. The maximum absolute atomic E-state index is 14.3. The summed E-state index contributed by atoms with van der Waals surface area (Å²) in [7, 11) is 0. The minimum absolute atomic E-state index is 0.0635. The average Bonchev–Trinajstić information content (AvgIpc) is 3.05. The van der Waals surface area contributed by atoms with E-state index in [4.69, 9.17) is 13.7 Å². The lowest BCUT2D eigenvalue weighted by Gasteiger charge is -2.30. The van der Waals surface area contributed by atoms with Crippen LogP contribution in [0.2, 0.25) is 1.41 Å². The molecule has 1 aliphatic rings. The number of piperidine rings is 1. The highest BCUT2D eigenvalue weighted by molar-refractivity contribution is 7.17. The zero-order chi connectivity index (χ0) is 29.2. The number of carbonyl (C=O) groups excluding carboxylic acids is 1. The van der Waals surface area contributed by atoms with Crippen molar-refractivity contribution in [3.63, 3.8) is 0 Å². The number of pyridine rings is 1. The zero-order valence-corrected chi connectivity index (χ0v) is 16.3. The van der Waals surface area contributed by atoms with Gasteiger partial charge in [-0.3, -0.25) is 14.2 Å². The van der Waals surface area contributed by atoms with Gasteiger partial charge in [-0.1, -0.05) is 18.3 Å². The molecule has 1 fully saturated rings. The number of hydrogen-bond donors (Lipinski definition) is 2. The Morgan fingerprint density at radius 3 is 3.07 bits per heavy atom. The van der Waals surface area contributed by atoms with Crippen LogP contribution in [0.4, 0.5) is 4.39 Å². The number of fused-ring (bicyclic) bond motifs is 1. The van der Waals surface area contributed by atoms with E-state index in [0.717, 1.165) is 6.92 Å². The molecule has 1 aliphatic heterocycles. The Kier molecular flexibility index (Phi) is 3.48. The molecule has 8 heteroatoms. The molecule has 1 saturated heterocycles. The van der Waals surface area contributed by atoms with E-state index < -0.39 is 82.4 Å². The Bertz CT molecular complexity index is 1300. The highest BCUT2D eigenvalue weighted by Gasteiger charge is 2.25. The smallest absolute Gasteiger partial charge is 0.268 e. The number of carbonyl (C=O) groups is 1. The number of halogens is 1. The van der Waals surface area contributed by atoms with Crippen LogP contribution in [0.5, 0.6) is 5.75 Å². The molecule has 0 saturated carbocycles.